The summed E-state index contributed by atoms with van der Waals surface area (Å²) in [4.78, 5) is 10.8. The number of rotatable bonds is 5. The van der Waals surface area contributed by atoms with Gasteiger partial charge in [0, 0.05) is 0 Å². The molecule has 0 saturated heterocycles. The average Bonchev–Trinajstić information content (AvgIpc) is 2.48. The van der Waals surface area contributed by atoms with Crippen molar-refractivity contribution in [1.82, 2.24) is 0 Å². The van der Waals surface area contributed by atoms with Gasteiger partial charge in [-0.2, -0.15) is 5.10 Å². The Kier molecular flexibility index (Phi) is 4.40. The van der Waals surface area contributed by atoms with Gasteiger partial charge in [0.25, 0.3) is 0 Å². The molecule has 0 saturated carbocycles. The highest BCUT2D eigenvalue weighted by atomic mass is 16.5. The quantitative estimate of drug-likeness (QED) is 0.646. The summed E-state index contributed by atoms with van der Waals surface area (Å²) in [5.74, 6) is -0.961. The minimum atomic E-state index is -1.01. The number of carboxylic acids is 1. The van der Waals surface area contributed by atoms with E-state index in [1.807, 2.05) is 0 Å². The molecule has 6 nitrogen and oxygen atoms in total. The van der Waals surface area contributed by atoms with Crippen LogP contribution in [0.1, 0.15) is 15.9 Å². The number of anilines is 1. The van der Waals surface area contributed by atoms with Crippen LogP contribution in [0.2, 0.25) is 0 Å². The van der Waals surface area contributed by atoms with Crippen molar-refractivity contribution >= 4 is 17.9 Å². The third kappa shape index (κ3) is 3.73. The topological polar surface area (TPSA) is 94.0 Å². The summed E-state index contributed by atoms with van der Waals surface area (Å²) < 4.78 is 4.88. The van der Waals surface area contributed by atoms with Crippen molar-refractivity contribution in [2.45, 2.75) is 0 Å². The molecule has 108 valence electrons. The molecule has 0 bridgehead atoms. The fourth-order valence-corrected chi connectivity index (χ4v) is 1.68. The Bertz CT molecular complexity index is 683. The van der Waals surface area contributed by atoms with Crippen LogP contribution in [0, 0.1) is 0 Å². The molecule has 0 heterocycles. The Balaban J connectivity index is 2.07. The van der Waals surface area contributed by atoms with Gasteiger partial charge in [-0.3, -0.25) is 5.43 Å². The van der Waals surface area contributed by atoms with Crippen molar-refractivity contribution in [3.05, 3.63) is 53.6 Å². The third-order valence-electron chi connectivity index (χ3n) is 2.70. The van der Waals surface area contributed by atoms with Crippen LogP contribution in [0.15, 0.2) is 47.6 Å². The lowest BCUT2D eigenvalue weighted by Gasteiger charge is -2.12. The van der Waals surface area contributed by atoms with Crippen molar-refractivity contribution in [3.8, 4) is 11.5 Å². The lowest BCUT2D eigenvalue weighted by Crippen LogP contribution is -1.98. The van der Waals surface area contributed by atoms with E-state index in [1.54, 1.807) is 24.3 Å². The number of carboxylic acid groups (broad SMARTS) is 1. The van der Waals surface area contributed by atoms with Gasteiger partial charge in [-0.05, 0) is 35.9 Å². The first kappa shape index (κ1) is 14.4. The molecule has 0 atom stereocenters. The van der Waals surface area contributed by atoms with Crippen LogP contribution in [-0.4, -0.2) is 24.4 Å². The Morgan fingerprint density at radius 3 is 2.81 bits per heavy atom. The molecule has 0 spiro atoms. The van der Waals surface area contributed by atoms with Gasteiger partial charge in [-0.1, -0.05) is 17.9 Å². The highest BCUT2D eigenvalue weighted by Gasteiger charge is 2.02. The van der Waals surface area contributed by atoms with Gasteiger partial charge in [0.15, 0.2) is 0 Å². The molecule has 21 heavy (non-hydrogen) atoms. The number of hydrogen-bond donors (Lipinski definition) is 2. The molecule has 2 N–H and O–H groups in total. The summed E-state index contributed by atoms with van der Waals surface area (Å²) in [6.45, 7) is 0. The van der Waals surface area contributed by atoms with Crippen molar-refractivity contribution in [2.75, 3.05) is 12.5 Å². The molecule has 0 aliphatic carbocycles. The lowest BCUT2D eigenvalue weighted by molar-refractivity contribution is -0.270. The smallest absolute Gasteiger partial charge is 0.335 e. The van der Waals surface area contributed by atoms with Gasteiger partial charge < -0.3 is 14.9 Å². The second kappa shape index (κ2) is 6.42. The standard InChI is InChI=1S/C15H14N2O4/c1-21-14-6-5-10(7-13(14)18)9-16-17-12-4-2-3-11(8-12)15(19)20/h2-9,17-18H,1H3,(H,19,20)/p-1/b16-9-. The summed E-state index contributed by atoms with van der Waals surface area (Å²) in [5.41, 5.74) is 4.03. The minimum Gasteiger partial charge on any atom is -0.870 e. The van der Waals surface area contributed by atoms with Gasteiger partial charge in [-0.15, -0.1) is 0 Å². The van der Waals surface area contributed by atoms with E-state index in [1.165, 1.54) is 31.5 Å². The van der Waals surface area contributed by atoms with E-state index in [4.69, 9.17) is 9.84 Å². The van der Waals surface area contributed by atoms with E-state index in [-0.39, 0.29) is 17.1 Å². The molecule has 0 amide bonds. The maximum Gasteiger partial charge on any atom is 0.335 e. The van der Waals surface area contributed by atoms with Gasteiger partial charge in [0.1, 0.15) is 5.75 Å². The Morgan fingerprint density at radius 1 is 1.33 bits per heavy atom. The number of hydrogen-bond acceptors (Lipinski definition) is 5. The van der Waals surface area contributed by atoms with Crippen LogP contribution in [0.3, 0.4) is 0 Å². The zero-order valence-electron chi connectivity index (χ0n) is 11.2. The minimum absolute atomic E-state index is 0.168. The number of hydrazone groups is 1. The molecule has 0 aliphatic heterocycles. The fourth-order valence-electron chi connectivity index (χ4n) is 1.68. The molecule has 6 heteroatoms. The largest absolute Gasteiger partial charge is 0.870 e. The number of ether oxygens (including phenoxy) is 1. The number of methoxy groups -OCH3 is 1. The molecule has 0 fully saturated rings. The molecule has 0 aliphatic rings. The molecule has 0 radical (unpaired) electrons. The SMILES string of the molecule is COc1ccc(/C=N\Nc2cccc(C(=O)O)c2)cc1[O-]. The van der Waals surface area contributed by atoms with Gasteiger partial charge in [0.05, 0.1) is 24.6 Å². The Labute approximate surface area is 121 Å². The zero-order chi connectivity index (χ0) is 15.2. The summed E-state index contributed by atoms with van der Waals surface area (Å²) in [6.07, 6.45) is 1.47. The number of aromatic carboxylic acids is 1. The van der Waals surface area contributed by atoms with E-state index in [0.29, 0.717) is 11.3 Å². The fraction of sp³-hybridized carbons (Fsp3) is 0.0667. The number of benzene rings is 2. The van der Waals surface area contributed by atoms with Crippen molar-refractivity contribution in [2.24, 2.45) is 5.10 Å². The maximum absolute atomic E-state index is 11.6. The first-order chi connectivity index (χ1) is 10.1. The van der Waals surface area contributed by atoms with Crippen molar-refractivity contribution < 1.29 is 19.7 Å². The van der Waals surface area contributed by atoms with Crippen LogP contribution in [0.25, 0.3) is 0 Å². The maximum atomic E-state index is 11.6. The summed E-state index contributed by atoms with van der Waals surface area (Å²) in [6, 6.07) is 10.9. The van der Waals surface area contributed by atoms with Gasteiger partial charge >= 0.3 is 5.97 Å². The molecule has 0 unspecified atom stereocenters. The number of nitrogens with zero attached hydrogens (tertiary/aromatic N) is 1. The van der Waals surface area contributed by atoms with Gasteiger partial charge in [0.2, 0.25) is 0 Å². The van der Waals surface area contributed by atoms with Crippen LogP contribution in [0.4, 0.5) is 5.69 Å². The van der Waals surface area contributed by atoms with Crippen LogP contribution >= 0.6 is 0 Å². The van der Waals surface area contributed by atoms with Crippen molar-refractivity contribution in [1.29, 1.82) is 0 Å². The summed E-state index contributed by atoms with van der Waals surface area (Å²) in [7, 11) is 1.43. The second-order valence-electron chi connectivity index (χ2n) is 4.17. The molecule has 2 rings (SSSR count). The average molecular weight is 285 g/mol. The second-order valence-corrected chi connectivity index (χ2v) is 4.17. The van der Waals surface area contributed by atoms with E-state index in [0.717, 1.165) is 0 Å². The first-order valence-electron chi connectivity index (χ1n) is 6.07. The first-order valence-corrected chi connectivity index (χ1v) is 6.07. The van der Waals surface area contributed by atoms with E-state index in [2.05, 4.69) is 10.5 Å². The third-order valence-corrected chi connectivity index (χ3v) is 2.70. The van der Waals surface area contributed by atoms with Gasteiger partial charge in [-0.25, -0.2) is 4.79 Å². The molecule has 2 aromatic rings. The van der Waals surface area contributed by atoms with E-state index >= 15 is 0 Å². The zero-order valence-corrected chi connectivity index (χ0v) is 11.2. The van der Waals surface area contributed by atoms with E-state index < -0.39 is 5.97 Å². The highest BCUT2D eigenvalue weighted by Crippen LogP contribution is 2.22. The van der Waals surface area contributed by atoms with Crippen LogP contribution in [-0.2, 0) is 0 Å². The molecule has 2 aromatic carbocycles. The van der Waals surface area contributed by atoms with Crippen molar-refractivity contribution in [3.63, 3.8) is 0 Å². The normalized spacial score (nSPS) is 10.5. The van der Waals surface area contributed by atoms with E-state index in [9.17, 15) is 9.90 Å². The molecule has 0 aromatic heterocycles. The Morgan fingerprint density at radius 2 is 2.14 bits per heavy atom. The molecular weight excluding hydrogens is 272 g/mol. The summed E-state index contributed by atoms with van der Waals surface area (Å²) >= 11 is 0. The summed E-state index contributed by atoms with van der Waals surface area (Å²) in [5, 5.41) is 24.4. The predicted molar refractivity (Wildman–Crippen MR) is 77.1 cm³/mol. The number of nitrogens with one attached hydrogen (secondary N) is 1. The van der Waals surface area contributed by atoms with Crippen LogP contribution in [0.5, 0.6) is 11.5 Å². The number of carbonyl (C=O) groups is 1. The lowest BCUT2D eigenvalue weighted by atomic mass is 10.2. The molecular formula is C15H13N2O4-. The highest BCUT2D eigenvalue weighted by molar-refractivity contribution is 5.89. The monoisotopic (exact) mass is 285 g/mol. The predicted octanol–water partition coefficient (Wildman–Crippen LogP) is 1.91. The van der Waals surface area contributed by atoms with Crippen LogP contribution < -0.4 is 15.3 Å². The Hall–Kier alpha value is -3.02.